The van der Waals surface area contributed by atoms with Crippen molar-refractivity contribution in [3.05, 3.63) is 29.6 Å². The van der Waals surface area contributed by atoms with Crippen molar-refractivity contribution in [2.75, 3.05) is 14.1 Å². The molecule has 0 fully saturated rings. The van der Waals surface area contributed by atoms with Crippen LogP contribution in [0.5, 0.6) is 0 Å². The quantitative estimate of drug-likeness (QED) is 0.733. The SMILES string of the molecule is CN(C)Cc1cccc(C(F)(F)F)n1. The molecule has 0 aromatic carbocycles. The third kappa shape index (κ3) is 2.99. The van der Waals surface area contributed by atoms with E-state index in [-0.39, 0.29) is 0 Å². The molecular formula is C9H11F3N2. The lowest BCUT2D eigenvalue weighted by atomic mass is 10.3. The van der Waals surface area contributed by atoms with E-state index in [4.69, 9.17) is 0 Å². The molecule has 1 heterocycles. The molecule has 0 aliphatic carbocycles. The lowest BCUT2D eigenvalue weighted by Crippen LogP contribution is -2.14. The molecule has 0 bridgehead atoms. The normalized spacial score (nSPS) is 12.1. The highest BCUT2D eigenvalue weighted by Gasteiger charge is 2.32. The van der Waals surface area contributed by atoms with E-state index in [9.17, 15) is 13.2 Å². The Hall–Kier alpha value is -1.10. The molecule has 0 radical (unpaired) electrons. The minimum Gasteiger partial charge on any atom is -0.304 e. The first-order chi connectivity index (χ1) is 6.39. The maximum absolute atomic E-state index is 12.2. The summed E-state index contributed by atoms with van der Waals surface area (Å²) in [5.41, 5.74) is -0.415. The minimum absolute atomic E-state index is 0.407. The van der Waals surface area contributed by atoms with Crippen LogP contribution in [0.25, 0.3) is 0 Å². The Labute approximate surface area is 80.4 Å². The molecule has 78 valence electrons. The number of halogens is 3. The lowest BCUT2D eigenvalue weighted by molar-refractivity contribution is -0.141. The van der Waals surface area contributed by atoms with Gasteiger partial charge in [-0.15, -0.1) is 0 Å². The van der Waals surface area contributed by atoms with Gasteiger partial charge in [-0.05, 0) is 26.2 Å². The molecule has 0 aliphatic heterocycles. The lowest BCUT2D eigenvalue weighted by Gasteiger charge is -2.11. The van der Waals surface area contributed by atoms with Gasteiger partial charge in [0.05, 0.1) is 5.69 Å². The summed E-state index contributed by atoms with van der Waals surface area (Å²) in [6, 6.07) is 3.92. The molecule has 0 spiro atoms. The number of alkyl halides is 3. The first-order valence-corrected chi connectivity index (χ1v) is 4.07. The van der Waals surface area contributed by atoms with Crippen LogP contribution >= 0.6 is 0 Å². The molecule has 0 unspecified atom stereocenters. The molecule has 1 aromatic heterocycles. The van der Waals surface area contributed by atoms with Crippen LogP contribution < -0.4 is 0 Å². The second-order valence-corrected chi connectivity index (χ2v) is 3.25. The first kappa shape index (κ1) is 11.0. The fraction of sp³-hybridized carbons (Fsp3) is 0.444. The molecule has 0 saturated carbocycles. The molecule has 5 heteroatoms. The Morgan fingerprint density at radius 2 is 1.93 bits per heavy atom. The van der Waals surface area contributed by atoms with Gasteiger partial charge >= 0.3 is 6.18 Å². The van der Waals surface area contributed by atoms with E-state index in [0.29, 0.717) is 12.2 Å². The van der Waals surface area contributed by atoms with Crippen LogP contribution in [0.2, 0.25) is 0 Å². The highest BCUT2D eigenvalue weighted by atomic mass is 19.4. The van der Waals surface area contributed by atoms with E-state index < -0.39 is 11.9 Å². The second kappa shape index (κ2) is 3.96. The summed E-state index contributed by atoms with van der Waals surface area (Å²) in [6.07, 6.45) is -4.36. The molecular weight excluding hydrogens is 193 g/mol. The fourth-order valence-corrected chi connectivity index (χ4v) is 1.05. The van der Waals surface area contributed by atoms with Crippen molar-refractivity contribution in [1.82, 2.24) is 9.88 Å². The van der Waals surface area contributed by atoms with Gasteiger partial charge < -0.3 is 4.90 Å². The summed E-state index contributed by atoms with van der Waals surface area (Å²) >= 11 is 0. The predicted molar refractivity (Wildman–Crippen MR) is 46.6 cm³/mol. The highest BCUT2D eigenvalue weighted by Crippen LogP contribution is 2.27. The number of hydrogen-bond donors (Lipinski definition) is 0. The Kier molecular flexibility index (Phi) is 3.10. The van der Waals surface area contributed by atoms with Crippen molar-refractivity contribution < 1.29 is 13.2 Å². The van der Waals surface area contributed by atoms with Crippen LogP contribution in [0, 0.1) is 0 Å². The van der Waals surface area contributed by atoms with Gasteiger partial charge in [-0.1, -0.05) is 6.07 Å². The monoisotopic (exact) mass is 204 g/mol. The number of pyridine rings is 1. The second-order valence-electron chi connectivity index (χ2n) is 3.25. The van der Waals surface area contributed by atoms with Gasteiger partial charge in [0, 0.05) is 6.54 Å². The van der Waals surface area contributed by atoms with Crippen molar-refractivity contribution in [2.45, 2.75) is 12.7 Å². The average Bonchev–Trinajstić information content (AvgIpc) is 2.01. The zero-order valence-electron chi connectivity index (χ0n) is 7.97. The van der Waals surface area contributed by atoms with E-state index in [1.807, 2.05) is 0 Å². The Morgan fingerprint density at radius 3 is 2.43 bits per heavy atom. The van der Waals surface area contributed by atoms with Gasteiger partial charge in [0.1, 0.15) is 5.69 Å². The number of rotatable bonds is 2. The minimum atomic E-state index is -4.36. The van der Waals surface area contributed by atoms with E-state index in [1.165, 1.54) is 6.07 Å². The summed E-state index contributed by atoms with van der Waals surface area (Å²) in [7, 11) is 3.56. The Balaban J connectivity index is 2.90. The van der Waals surface area contributed by atoms with Gasteiger partial charge in [0.2, 0.25) is 0 Å². The van der Waals surface area contributed by atoms with Crippen LogP contribution in [0.3, 0.4) is 0 Å². The van der Waals surface area contributed by atoms with E-state index in [2.05, 4.69) is 4.98 Å². The van der Waals surface area contributed by atoms with Crippen LogP contribution in [-0.4, -0.2) is 24.0 Å². The zero-order chi connectivity index (χ0) is 10.8. The molecule has 0 N–H and O–H groups in total. The Morgan fingerprint density at radius 1 is 1.29 bits per heavy atom. The summed E-state index contributed by atoms with van der Waals surface area (Å²) in [5, 5.41) is 0. The summed E-state index contributed by atoms with van der Waals surface area (Å²) < 4.78 is 36.7. The number of aromatic nitrogens is 1. The fourth-order valence-electron chi connectivity index (χ4n) is 1.05. The average molecular weight is 204 g/mol. The highest BCUT2D eigenvalue weighted by molar-refractivity contribution is 5.13. The van der Waals surface area contributed by atoms with E-state index in [0.717, 1.165) is 6.07 Å². The maximum Gasteiger partial charge on any atom is 0.433 e. The number of nitrogens with zero attached hydrogens (tertiary/aromatic N) is 2. The third-order valence-electron chi connectivity index (χ3n) is 1.58. The van der Waals surface area contributed by atoms with Gasteiger partial charge in [-0.3, -0.25) is 0 Å². The van der Waals surface area contributed by atoms with Crippen molar-refractivity contribution >= 4 is 0 Å². The van der Waals surface area contributed by atoms with Crippen LogP contribution in [0.1, 0.15) is 11.4 Å². The molecule has 0 saturated heterocycles. The van der Waals surface area contributed by atoms with Crippen LogP contribution in [0.4, 0.5) is 13.2 Å². The zero-order valence-corrected chi connectivity index (χ0v) is 7.97. The largest absolute Gasteiger partial charge is 0.433 e. The smallest absolute Gasteiger partial charge is 0.304 e. The van der Waals surface area contributed by atoms with E-state index >= 15 is 0 Å². The molecule has 1 aromatic rings. The van der Waals surface area contributed by atoms with Crippen molar-refractivity contribution in [2.24, 2.45) is 0 Å². The first-order valence-electron chi connectivity index (χ1n) is 4.07. The standard InChI is InChI=1S/C9H11F3N2/c1-14(2)6-7-4-3-5-8(13-7)9(10,11)12/h3-5H,6H2,1-2H3. The van der Waals surface area contributed by atoms with Gasteiger partial charge in [0.15, 0.2) is 0 Å². The molecule has 0 amide bonds. The summed E-state index contributed by atoms with van der Waals surface area (Å²) in [4.78, 5) is 5.28. The number of hydrogen-bond acceptors (Lipinski definition) is 2. The van der Waals surface area contributed by atoms with Crippen LogP contribution in [0.15, 0.2) is 18.2 Å². The van der Waals surface area contributed by atoms with Gasteiger partial charge in [-0.2, -0.15) is 13.2 Å². The third-order valence-corrected chi connectivity index (χ3v) is 1.58. The van der Waals surface area contributed by atoms with Crippen LogP contribution in [-0.2, 0) is 12.7 Å². The van der Waals surface area contributed by atoms with Crippen molar-refractivity contribution in [3.63, 3.8) is 0 Å². The predicted octanol–water partition coefficient (Wildman–Crippen LogP) is 2.16. The molecule has 0 atom stereocenters. The molecule has 0 aliphatic rings. The van der Waals surface area contributed by atoms with Crippen molar-refractivity contribution in [1.29, 1.82) is 0 Å². The summed E-state index contributed by atoms with van der Waals surface area (Å²) in [6.45, 7) is 0.407. The molecule has 2 nitrogen and oxygen atoms in total. The topological polar surface area (TPSA) is 16.1 Å². The summed E-state index contributed by atoms with van der Waals surface area (Å²) in [5.74, 6) is 0. The molecule has 1 rings (SSSR count). The molecule has 14 heavy (non-hydrogen) atoms. The van der Waals surface area contributed by atoms with Gasteiger partial charge in [-0.25, -0.2) is 4.98 Å². The van der Waals surface area contributed by atoms with E-state index in [1.54, 1.807) is 25.1 Å². The van der Waals surface area contributed by atoms with Crippen molar-refractivity contribution in [3.8, 4) is 0 Å². The maximum atomic E-state index is 12.2. The van der Waals surface area contributed by atoms with Gasteiger partial charge in [0.25, 0.3) is 0 Å². The Bertz CT molecular complexity index is 307.